The van der Waals surface area contributed by atoms with Gasteiger partial charge in [-0.05, 0) is 17.7 Å². The Morgan fingerprint density at radius 1 is 1.06 bits per heavy atom. The second-order valence-corrected chi connectivity index (χ2v) is 4.42. The number of fused-ring (bicyclic) bond motifs is 1. The van der Waals surface area contributed by atoms with Crippen LogP contribution in [-0.4, -0.2) is 5.16 Å². The fourth-order valence-corrected chi connectivity index (χ4v) is 2.22. The minimum absolute atomic E-state index is 0.836. The number of rotatable bonds is 2. The van der Waals surface area contributed by atoms with Gasteiger partial charge in [0.25, 0.3) is 0 Å². The first-order valence-corrected chi connectivity index (χ1v) is 6.50. The summed E-state index contributed by atoms with van der Waals surface area (Å²) in [4.78, 5) is 0. The number of aromatic nitrogens is 1. The van der Waals surface area contributed by atoms with Crippen molar-refractivity contribution in [2.45, 2.75) is 5.33 Å². The first-order chi connectivity index (χ1) is 8.38. The Morgan fingerprint density at radius 3 is 2.65 bits per heavy atom. The van der Waals surface area contributed by atoms with E-state index in [0.29, 0.717) is 0 Å². The van der Waals surface area contributed by atoms with Gasteiger partial charge in [0, 0.05) is 10.9 Å². The molecule has 0 bridgehead atoms. The molecule has 84 valence electrons. The topological polar surface area (TPSA) is 26.0 Å². The smallest absolute Gasteiger partial charge is 0.174 e. The molecular weight excluding hydrogens is 278 g/mol. The zero-order chi connectivity index (χ0) is 11.7. The van der Waals surface area contributed by atoms with Gasteiger partial charge in [0.05, 0.1) is 5.39 Å². The fourth-order valence-electron chi connectivity index (χ4n) is 1.87. The van der Waals surface area contributed by atoms with Crippen LogP contribution in [0.3, 0.4) is 0 Å². The largest absolute Gasteiger partial charge is 0.355 e. The predicted molar refractivity (Wildman–Crippen MR) is 72.1 cm³/mol. The highest BCUT2D eigenvalue weighted by Crippen LogP contribution is 2.29. The standard InChI is InChI=1S/C14H10BrNO/c15-9-10-6-7-13-12(8-10)14(17-16-13)11-4-2-1-3-5-11/h1-8H,9H2. The average Bonchev–Trinajstić information content (AvgIpc) is 2.82. The molecule has 2 aromatic carbocycles. The van der Waals surface area contributed by atoms with E-state index in [2.05, 4.69) is 27.2 Å². The summed E-state index contributed by atoms with van der Waals surface area (Å²) in [5, 5.41) is 5.98. The lowest BCUT2D eigenvalue weighted by molar-refractivity contribution is 0.441. The number of alkyl halides is 1. The molecule has 0 N–H and O–H groups in total. The SMILES string of the molecule is BrCc1ccc2noc(-c3ccccc3)c2c1. The normalized spacial score (nSPS) is 10.9. The van der Waals surface area contributed by atoms with Crippen LogP contribution in [0.15, 0.2) is 53.1 Å². The van der Waals surface area contributed by atoms with Gasteiger partial charge in [-0.15, -0.1) is 0 Å². The molecule has 0 saturated carbocycles. The van der Waals surface area contributed by atoms with E-state index in [1.54, 1.807) is 0 Å². The lowest BCUT2D eigenvalue weighted by Crippen LogP contribution is -1.78. The summed E-state index contributed by atoms with van der Waals surface area (Å²) in [7, 11) is 0. The second kappa shape index (κ2) is 4.34. The third-order valence-corrected chi connectivity index (χ3v) is 3.38. The maximum absolute atomic E-state index is 5.44. The van der Waals surface area contributed by atoms with Gasteiger partial charge in [0.2, 0.25) is 0 Å². The summed E-state index contributed by atoms with van der Waals surface area (Å²) < 4.78 is 5.44. The number of hydrogen-bond donors (Lipinski definition) is 0. The number of hydrogen-bond acceptors (Lipinski definition) is 2. The van der Waals surface area contributed by atoms with Crippen molar-refractivity contribution in [1.29, 1.82) is 0 Å². The van der Waals surface area contributed by atoms with Crippen molar-refractivity contribution in [3.8, 4) is 11.3 Å². The third kappa shape index (κ3) is 1.87. The van der Waals surface area contributed by atoms with E-state index >= 15 is 0 Å². The Hall–Kier alpha value is -1.61. The number of nitrogens with zero attached hydrogens (tertiary/aromatic N) is 1. The van der Waals surface area contributed by atoms with Crippen molar-refractivity contribution in [2.24, 2.45) is 0 Å². The zero-order valence-corrected chi connectivity index (χ0v) is 10.6. The van der Waals surface area contributed by atoms with Crippen LogP contribution in [0.25, 0.3) is 22.2 Å². The van der Waals surface area contributed by atoms with Crippen LogP contribution in [0.4, 0.5) is 0 Å². The highest BCUT2D eigenvalue weighted by molar-refractivity contribution is 9.08. The molecule has 0 radical (unpaired) electrons. The summed E-state index contributed by atoms with van der Waals surface area (Å²) in [6.07, 6.45) is 0. The Balaban J connectivity index is 2.23. The molecule has 0 aliphatic heterocycles. The van der Waals surface area contributed by atoms with E-state index in [1.807, 2.05) is 42.5 Å². The highest BCUT2D eigenvalue weighted by atomic mass is 79.9. The monoisotopic (exact) mass is 287 g/mol. The first kappa shape index (κ1) is 10.5. The molecule has 0 atom stereocenters. The zero-order valence-electron chi connectivity index (χ0n) is 9.06. The maximum Gasteiger partial charge on any atom is 0.174 e. The van der Waals surface area contributed by atoms with E-state index in [9.17, 15) is 0 Å². The van der Waals surface area contributed by atoms with Crippen LogP contribution in [-0.2, 0) is 5.33 Å². The molecule has 0 amide bonds. The highest BCUT2D eigenvalue weighted by Gasteiger charge is 2.10. The van der Waals surface area contributed by atoms with Crippen LogP contribution in [0.5, 0.6) is 0 Å². The molecule has 0 aliphatic carbocycles. The first-order valence-electron chi connectivity index (χ1n) is 5.38. The van der Waals surface area contributed by atoms with Crippen molar-refractivity contribution >= 4 is 26.8 Å². The van der Waals surface area contributed by atoms with E-state index < -0.39 is 0 Å². The van der Waals surface area contributed by atoms with E-state index in [0.717, 1.165) is 27.6 Å². The predicted octanol–water partition coefficient (Wildman–Crippen LogP) is 4.39. The molecule has 17 heavy (non-hydrogen) atoms. The van der Waals surface area contributed by atoms with Gasteiger partial charge in [-0.2, -0.15) is 0 Å². The van der Waals surface area contributed by atoms with Crippen molar-refractivity contribution in [1.82, 2.24) is 5.16 Å². The molecule has 2 nitrogen and oxygen atoms in total. The molecule has 0 spiro atoms. The summed E-state index contributed by atoms with van der Waals surface area (Å²) in [5.41, 5.74) is 3.17. The fraction of sp³-hybridized carbons (Fsp3) is 0.0714. The lowest BCUT2D eigenvalue weighted by atomic mass is 10.1. The van der Waals surface area contributed by atoms with Crippen LogP contribution in [0.2, 0.25) is 0 Å². The van der Waals surface area contributed by atoms with E-state index in [1.165, 1.54) is 5.56 Å². The summed E-state index contributed by atoms with van der Waals surface area (Å²) in [6.45, 7) is 0. The van der Waals surface area contributed by atoms with Crippen molar-refractivity contribution in [2.75, 3.05) is 0 Å². The van der Waals surface area contributed by atoms with Gasteiger partial charge in [-0.25, -0.2) is 0 Å². The van der Waals surface area contributed by atoms with Gasteiger partial charge in [0.1, 0.15) is 5.52 Å². The summed E-state index contributed by atoms with van der Waals surface area (Å²) in [5.74, 6) is 0.836. The molecule has 0 unspecified atom stereocenters. The van der Waals surface area contributed by atoms with Gasteiger partial charge in [-0.1, -0.05) is 57.5 Å². The lowest BCUT2D eigenvalue weighted by Gasteiger charge is -1.97. The minimum Gasteiger partial charge on any atom is -0.355 e. The van der Waals surface area contributed by atoms with Crippen molar-refractivity contribution in [3.63, 3.8) is 0 Å². The van der Waals surface area contributed by atoms with E-state index in [-0.39, 0.29) is 0 Å². The minimum atomic E-state index is 0.836. The van der Waals surface area contributed by atoms with Gasteiger partial charge >= 0.3 is 0 Å². The van der Waals surface area contributed by atoms with Gasteiger partial charge in [0.15, 0.2) is 5.76 Å². The van der Waals surface area contributed by atoms with Gasteiger partial charge in [-0.3, -0.25) is 0 Å². The molecule has 0 fully saturated rings. The molecular formula is C14H10BrNO. The second-order valence-electron chi connectivity index (χ2n) is 3.86. The summed E-state index contributed by atoms with van der Waals surface area (Å²) in [6, 6.07) is 16.2. The van der Waals surface area contributed by atoms with Crippen LogP contribution in [0.1, 0.15) is 5.56 Å². The van der Waals surface area contributed by atoms with Crippen LogP contribution >= 0.6 is 15.9 Å². The van der Waals surface area contributed by atoms with Gasteiger partial charge < -0.3 is 4.52 Å². The van der Waals surface area contributed by atoms with Crippen LogP contribution < -0.4 is 0 Å². The molecule has 1 aromatic heterocycles. The molecule has 0 aliphatic rings. The summed E-state index contributed by atoms with van der Waals surface area (Å²) >= 11 is 3.46. The molecule has 3 rings (SSSR count). The van der Waals surface area contributed by atoms with Crippen molar-refractivity contribution in [3.05, 3.63) is 54.1 Å². The molecule has 3 aromatic rings. The third-order valence-electron chi connectivity index (χ3n) is 2.73. The van der Waals surface area contributed by atoms with Crippen molar-refractivity contribution < 1.29 is 4.52 Å². The van der Waals surface area contributed by atoms with Crippen LogP contribution in [0, 0.1) is 0 Å². The molecule has 1 heterocycles. The average molecular weight is 288 g/mol. The van der Waals surface area contributed by atoms with E-state index in [4.69, 9.17) is 4.52 Å². The Labute approximate surface area is 107 Å². The molecule has 0 saturated heterocycles. The molecule has 3 heteroatoms. The Bertz CT molecular complexity index is 646. The Kier molecular flexibility index (Phi) is 2.69. The Morgan fingerprint density at radius 2 is 1.88 bits per heavy atom. The quantitative estimate of drug-likeness (QED) is 0.654. The number of halogens is 1. The maximum atomic E-state index is 5.44. The number of benzene rings is 2.